The van der Waals surface area contributed by atoms with E-state index < -0.39 is 10.1 Å². The Hall–Kier alpha value is -0.870. The molecule has 0 aliphatic carbocycles. The molecule has 29 heavy (non-hydrogen) atoms. The zero-order valence-electron chi connectivity index (χ0n) is 19.4. The molecule has 0 heterocycles. The second kappa shape index (κ2) is 13.4. The molecule has 0 aliphatic rings. The molecule has 3 unspecified atom stereocenters. The molecule has 4 heteroatoms. The maximum atomic E-state index is 11.1. The van der Waals surface area contributed by atoms with Crippen molar-refractivity contribution in [3.63, 3.8) is 0 Å². The van der Waals surface area contributed by atoms with Gasteiger partial charge in [-0.3, -0.25) is 4.55 Å². The maximum Gasteiger partial charge on any atom is 0.294 e. The fourth-order valence-corrected chi connectivity index (χ4v) is 4.54. The highest BCUT2D eigenvalue weighted by molar-refractivity contribution is 7.85. The summed E-state index contributed by atoms with van der Waals surface area (Å²) in [4.78, 5) is -0.0310. The molecule has 0 fully saturated rings. The summed E-state index contributed by atoms with van der Waals surface area (Å²) >= 11 is 0. The first-order valence-corrected chi connectivity index (χ1v) is 13.1. The Morgan fingerprint density at radius 2 is 1.14 bits per heavy atom. The molecular formula is C25H44O3S. The topological polar surface area (TPSA) is 54.4 Å². The van der Waals surface area contributed by atoms with Gasteiger partial charge in [-0.2, -0.15) is 8.42 Å². The molecule has 1 aromatic carbocycles. The normalized spacial score (nSPS) is 15.4. The predicted octanol–water partition coefficient (Wildman–Crippen LogP) is 7.87. The van der Waals surface area contributed by atoms with E-state index in [0.29, 0.717) is 5.92 Å². The van der Waals surface area contributed by atoms with Gasteiger partial charge in [0.15, 0.2) is 0 Å². The first kappa shape index (κ1) is 26.2. The monoisotopic (exact) mass is 424 g/mol. The lowest BCUT2D eigenvalue weighted by atomic mass is 9.90. The fraction of sp³-hybridized carbons (Fsp3) is 0.760. The Balaban J connectivity index is 2.15. The summed E-state index contributed by atoms with van der Waals surface area (Å²) in [5.41, 5.74) is 1.14. The lowest BCUT2D eigenvalue weighted by Crippen LogP contribution is -2.01. The average Bonchev–Trinajstić information content (AvgIpc) is 2.64. The summed E-state index contributed by atoms with van der Waals surface area (Å²) in [5.74, 6) is 2.92. The predicted molar refractivity (Wildman–Crippen MR) is 124 cm³/mol. The Morgan fingerprint density at radius 3 is 1.62 bits per heavy atom. The van der Waals surface area contributed by atoms with Gasteiger partial charge in [0, 0.05) is 0 Å². The fourth-order valence-electron chi connectivity index (χ4n) is 4.06. The van der Waals surface area contributed by atoms with Gasteiger partial charge in [-0.05, 0) is 47.8 Å². The molecule has 1 rings (SSSR count). The number of hydrogen-bond acceptors (Lipinski definition) is 2. The summed E-state index contributed by atoms with van der Waals surface area (Å²) in [5, 5.41) is 0. The van der Waals surface area contributed by atoms with Gasteiger partial charge < -0.3 is 0 Å². The molecule has 1 N–H and O–H groups in total. The van der Waals surface area contributed by atoms with Gasteiger partial charge >= 0.3 is 0 Å². The van der Waals surface area contributed by atoms with Crippen LogP contribution in [0.5, 0.6) is 0 Å². The van der Waals surface area contributed by atoms with Crippen molar-refractivity contribution in [3.05, 3.63) is 29.8 Å². The molecule has 168 valence electrons. The third-order valence-corrected chi connectivity index (χ3v) is 7.07. The van der Waals surface area contributed by atoms with Gasteiger partial charge in [0.2, 0.25) is 0 Å². The minimum atomic E-state index is -4.10. The van der Waals surface area contributed by atoms with E-state index >= 15 is 0 Å². The smallest absolute Gasteiger partial charge is 0.282 e. The van der Waals surface area contributed by atoms with Crippen LogP contribution in [0.25, 0.3) is 0 Å². The molecule has 0 spiro atoms. The van der Waals surface area contributed by atoms with Crippen LogP contribution in [0.2, 0.25) is 0 Å². The van der Waals surface area contributed by atoms with Crippen LogP contribution in [0, 0.1) is 17.8 Å². The molecule has 0 aliphatic heterocycles. The first-order valence-electron chi connectivity index (χ1n) is 11.7. The Kier molecular flexibility index (Phi) is 12.1. The lowest BCUT2D eigenvalue weighted by molar-refractivity contribution is 0.385. The first-order chi connectivity index (χ1) is 13.6. The van der Waals surface area contributed by atoms with Crippen molar-refractivity contribution < 1.29 is 13.0 Å². The zero-order chi connectivity index (χ0) is 21.9. The Morgan fingerprint density at radius 1 is 0.690 bits per heavy atom. The van der Waals surface area contributed by atoms with Crippen molar-refractivity contribution in [1.29, 1.82) is 0 Å². The van der Waals surface area contributed by atoms with Crippen LogP contribution < -0.4 is 0 Å². The summed E-state index contributed by atoms with van der Waals surface area (Å²) < 4.78 is 31.3. The molecule has 0 radical (unpaired) electrons. The van der Waals surface area contributed by atoms with Gasteiger partial charge in [0.1, 0.15) is 0 Å². The molecule has 0 aromatic heterocycles. The minimum absolute atomic E-state index is 0.0310. The molecule has 3 nitrogen and oxygen atoms in total. The van der Waals surface area contributed by atoms with Crippen LogP contribution in [0.15, 0.2) is 29.2 Å². The van der Waals surface area contributed by atoms with Crippen LogP contribution >= 0.6 is 0 Å². The third kappa shape index (κ3) is 11.8. The van der Waals surface area contributed by atoms with E-state index in [0.717, 1.165) is 29.7 Å². The van der Waals surface area contributed by atoms with Gasteiger partial charge in [-0.15, -0.1) is 0 Å². The number of hydrogen-bond donors (Lipinski definition) is 1. The van der Waals surface area contributed by atoms with Crippen molar-refractivity contribution >= 4 is 10.1 Å². The third-order valence-electron chi connectivity index (χ3n) is 6.20. The van der Waals surface area contributed by atoms with E-state index in [2.05, 4.69) is 34.6 Å². The van der Waals surface area contributed by atoms with Gasteiger partial charge in [-0.1, -0.05) is 105 Å². The van der Waals surface area contributed by atoms with Gasteiger partial charge in [-0.25, -0.2) is 0 Å². The van der Waals surface area contributed by atoms with Crippen LogP contribution in [0.3, 0.4) is 0 Å². The average molecular weight is 425 g/mol. The highest BCUT2D eigenvalue weighted by Gasteiger charge is 2.11. The molecule has 0 saturated carbocycles. The molecule has 0 amide bonds. The van der Waals surface area contributed by atoms with E-state index in [1.165, 1.54) is 69.9 Å². The summed E-state index contributed by atoms with van der Waals surface area (Å²) in [7, 11) is -4.10. The second-order valence-electron chi connectivity index (χ2n) is 9.70. The highest BCUT2D eigenvalue weighted by Crippen LogP contribution is 2.25. The number of benzene rings is 1. The lowest BCUT2D eigenvalue weighted by Gasteiger charge is -2.16. The molecular weight excluding hydrogens is 380 g/mol. The van der Waals surface area contributed by atoms with Gasteiger partial charge in [0.05, 0.1) is 4.90 Å². The molecule has 3 atom stereocenters. The van der Waals surface area contributed by atoms with Crippen molar-refractivity contribution in [1.82, 2.24) is 0 Å². The van der Waals surface area contributed by atoms with Crippen molar-refractivity contribution in [2.45, 2.75) is 110 Å². The minimum Gasteiger partial charge on any atom is -0.282 e. The number of unbranched alkanes of at least 4 members (excludes halogenated alkanes) is 1. The molecule has 0 saturated heterocycles. The molecule has 1 aromatic rings. The van der Waals surface area contributed by atoms with E-state index in [9.17, 15) is 8.42 Å². The van der Waals surface area contributed by atoms with E-state index in [1.807, 2.05) is 12.1 Å². The largest absolute Gasteiger partial charge is 0.294 e. The van der Waals surface area contributed by atoms with Crippen LogP contribution in [0.1, 0.15) is 110 Å². The van der Waals surface area contributed by atoms with E-state index in [1.54, 1.807) is 0 Å². The van der Waals surface area contributed by atoms with E-state index in [-0.39, 0.29) is 4.90 Å². The van der Waals surface area contributed by atoms with Gasteiger partial charge in [0.25, 0.3) is 10.1 Å². The Labute approximate surface area is 180 Å². The SMILES string of the molecule is CC(C)CCCC(C)CCCC(C)CCCCC(C)c1ccc(S(=O)(=O)O)cc1. The Bertz CT molecular complexity index is 649. The quantitative estimate of drug-likeness (QED) is 0.230. The van der Waals surface area contributed by atoms with E-state index in [4.69, 9.17) is 4.55 Å². The summed E-state index contributed by atoms with van der Waals surface area (Å²) in [6, 6.07) is 6.62. The maximum absolute atomic E-state index is 11.1. The number of rotatable bonds is 15. The summed E-state index contributed by atoms with van der Waals surface area (Å²) in [6.45, 7) is 11.6. The molecule has 0 bridgehead atoms. The van der Waals surface area contributed by atoms with Crippen molar-refractivity contribution in [2.24, 2.45) is 17.8 Å². The van der Waals surface area contributed by atoms with Crippen LogP contribution in [-0.2, 0) is 10.1 Å². The zero-order valence-corrected chi connectivity index (χ0v) is 20.2. The highest BCUT2D eigenvalue weighted by atomic mass is 32.2. The summed E-state index contributed by atoms with van der Waals surface area (Å²) in [6.07, 6.45) is 13.1. The van der Waals surface area contributed by atoms with Crippen molar-refractivity contribution in [3.8, 4) is 0 Å². The van der Waals surface area contributed by atoms with Crippen LogP contribution in [-0.4, -0.2) is 13.0 Å². The standard InChI is InChI=1S/C25H44O3S/c1-20(2)10-8-12-22(4)14-9-13-21(3)11-6-7-15-23(5)24-16-18-25(19-17-24)29(26,27)28/h16-23H,6-15H2,1-5H3,(H,26,27,28). The van der Waals surface area contributed by atoms with Crippen LogP contribution in [0.4, 0.5) is 0 Å². The van der Waals surface area contributed by atoms with Crippen molar-refractivity contribution in [2.75, 3.05) is 0 Å². The second-order valence-corrected chi connectivity index (χ2v) is 11.1.